The number of pyridine rings is 1. The summed E-state index contributed by atoms with van der Waals surface area (Å²) in [6.07, 6.45) is 0.669. The number of nitrogens with two attached hydrogens (primary N) is 1. The van der Waals surface area contributed by atoms with Gasteiger partial charge in [-0.25, -0.2) is 19.3 Å². The van der Waals surface area contributed by atoms with Crippen molar-refractivity contribution < 1.29 is 9.50 Å². The van der Waals surface area contributed by atoms with Crippen molar-refractivity contribution >= 4 is 22.7 Å². The molecule has 0 bridgehead atoms. The van der Waals surface area contributed by atoms with Crippen LogP contribution in [0.15, 0.2) is 42.7 Å². The minimum Gasteiger partial charge on any atom is -0.387 e. The molecule has 0 saturated heterocycles. The summed E-state index contributed by atoms with van der Waals surface area (Å²) in [7, 11) is 0. The van der Waals surface area contributed by atoms with Gasteiger partial charge in [-0.1, -0.05) is 26.0 Å². The molecule has 1 unspecified atom stereocenters. The summed E-state index contributed by atoms with van der Waals surface area (Å²) in [6.45, 7) is 5.20. The van der Waals surface area contributed by atoms with Crippen LogP contribution in [0.1, 0.15) is 25.5 Å². The number of rotatable bonds is 6. The number of halogens is 1. The molecule has 7 heteroatoms. The molecule has 0 spiro atoms. The quantitative estimate of drug-likeness (QED) is 0.707. The molecule has 6 nitrogen and oxygen atoms in total. The maximum absolute atomic E-state index is 13.1. The van der Waals surface area contributed by atoms with E-state index in [1.807, 2.05) is 11.0 Å². The molecule has 2 heterocycles. The van der Waals surface area contributed by atoms with Gasteiger partial charge in [-0.2, -0.15) is 0 Å². The van der Waals surface area contributed by atoms with E-state index in [9.17, 15) is 9.50 Å². The van der Waals surface area contributed by atoms with Gasteiger partial charge in [-0.05, 0) is 35.7 Å². The van der Waals surface area contributed by atoms with Gasteiger partial charge in [0.1, 0.15) is 23.8 Å². The standard InChI is InChI=1S/C19H22FN5O/c1-12(2)9-25(10-16(26)13-3-5-14(20)6-4-13)19-15-7-8-17(21)24-18(15)22-11-23-19/h3-8,11-12,16,26H,9-10H2,1-2H3,(H2,21,22,23,24). The molecular formula is C19H22FN5O. The van der Waals surface area contributed by atoms with Gasteiger partial charge in [-0.15, -0.1) is 0 Å². The molecule has 3 rings (SSSR count). The molecule has 0 amide bonds. The average Bonchev–Trinajstić information content (AvgIpc) is 2.60. The van der Waals surface area contributed by atoms with E-state index in [4.69, 9.17) is 5.73 Å². The van der Waals surface area contributed by atoms with E-state index >= 15 is 0 Å². The van der Waals surface area contributed by atoms with Crippen molar-refractivity contribution in [2.45, 2.75) is 20.0 Å². The van der Waals surface area contributed by atoms with Gasteiger partial charge in [0.15, 0.2) is 5.65 Å². The minimum atomic E-state index is -0.777. The number of nitrogen functional groups attached to an aromatic ring is 1. The number of aromatic nitrogens is 3. The van der Waals surface area contributed by atoms with Gasteiger partial charge in [0, 0.05) is 13.1 Å². The lowest BCUT2D eigenvalue weighted by Gasteiger charge is -2.28. The maximum Gasteiger partial charge on any atom is 0.166 e. The van der Waals surface area contributed by atoms with Crippen LogP contribution >= 0.6 is 0 Å². The van der Waals surface area contributed by atoms with Gasteiger partial charge in [0.25, 0.3) is 0 Å². The monoisotopic (exact) mass is 355 g/mol. The number of aliphatic hydroxyl groups is 1. The molecule has 0 saturated carbocycles. The van der Waals surface area contributed by atoms with Gasteiger partial charge < -0.3 is 15.7 Å². The Hall–Kier alpha value is -2.80. The minimum absolute atomic E-state index is 0.320. The van der Waals surface area contributed by atoms with Crippen molar-refractivity contribution in [1.29, 1.82) is 0 Å². The molecule has 3 aromatic rings. The summed E-state index contributed by atoms with van der Waals surface area (Å²) in [6, 6.07) is 9.42. The van der Waals surface area contributed by atoms with Crippen LogP contribution in [0.3, 0.4) is 0 Å². The zero-order valence-corrected chi connectivity index (χ0v) is 14.8. The first-order valence-corrected chi connectivity index (χ1v) is 8.49. The Morgan fingerprint density at radius 3 is 2.50 bits per heavy atom. The highest BCUT2D eigenvalue weighted by atomic mass is 19.1. The topological polar surface area (TPSA) is 88.2 Å². The van der Waals surface area contributed by atoms with Gasteiger partial charge in [-0.3, -0.25) is 0 Å². The highest BCUT2D eigenvalue weighted by Crippen LogP contribution is 2.26. The van der Waals surface area contributed by atoms with Crippen LogP contribution in [0, 0.1) is 11.7 Å². The fraction of sp³-hybridized carbons (Fsp3) is 0.316. The van der Waals surface area contributed by atoms with Crippen LogP contribution in [0.25, 0.3) is 11.0 Å². The highest BCUT2D eigenvalue weighted by molar-refractivity contribution is 5.87. The Bertz CT molecular complexity index is 885. The number of fused-ring (bicyclic) bond motifs is 1. The molecular weight excluding hydrogens is 333 g/mol. The van der Waals surface area contributed by atoms with Gasteiger partial charge in [0.2, 0.25) is 0 Å². The molecule has 2 aromatic heterocycles. The summed E-state index contributed by atoms with van der Waals surface area (Å²) < 4.78 is 13.1. The Labute approximate surface area is 151 Å². The zero-order chi connectivity index (χ0) is 18.7. The highest BCUT2D eigenvalue weighted by Gasteiger charge is 2.19. The molecule has 1 aromatic carbocycles. The van der Waals surface area contributed by atoms with E-state index in [1.165, 1.54) is 18.5 Å². The number of nitrogens with zero attached hydrogens (tertiary/aromatic N) is 4. The van der Waals surface area contributed by atoms with Crippen molar-refractivity contribution in [3.05, 3.63) is 54.1 Å². The fourth-order valence-electron chi connectivity index (χ4n) is 2.88. The number of hydrogen-bond donors (Lipinski definition) is 2. The van der Waals surface area contributed by atoms with Gasteiger partial charge in [0.05, 0.1) is 11.5 Å². The number of aliphatic hydroxyl groups excluding tert-OH is 1. The first-order chi connectivity index (χ1) is 12.4. The van der Waals surface area contributed by atoms with Crippen LogP contribution < -0.4 is 10.6 Å². The lowest BCUT2D eigenvalue weighted by atomic mass is 10.1. The zero-order valence-electron chi connectivity index (χ0n) is 14.8. The first kappa shape index (κ1) is 18.0. The fourth-order valence-corrected chi connectivity index (χ4v) is 2.88. The summed E-state index contributed by atoms with van der Waals surface area (Å²) in [4.78, 5) is 14.8. The van der Waals surface area contributed by atoms with Crippen molar-refractivity contribution in [2.75, 3.05) is 23.7 Å². The molecule has 0 radical (unpaired) electrons. The largest absolute Gasteiger partial charge is 0.387 e. The van der Waals surface area contributed by atoms with Gasteiger partial charge >= 0.3 is 0 Å². The second kappa shape index (κ2) is 7.61. The van der Waals surface area contributed by atoms with Crippen LogP contribution in [-0.2, 0) is 0 Å². The Balaban J connectivity index is 1.94. The van der Waals surface area contributed by atoms with Crippen LogP contribution in [0.2, 0.25) is 0 Å². The lowest BCUT2D eigenvalue weighted by Crippen LogP contribution is -2.33. The van der Waals surface area contributed by atoms with Crippen molar-refractivity contribution in [3.8, 4) is 0 Å². The number of anilines is 2. The molecule has 136 valence electrons. The first-order valence-electron chi connectivity index (χ1n) is 8.49. The third-order valence-corrected chi connectivity index (χ3v) is 4.03. The normalized spacial score (nSPS) is 12.5. The molecule has 0 aliphatic heterocycles. The summed E-state index contributed by atoms with van der Waals surface area (Å²) in [5.41, 5.74) is 6.91. The van der Waals surface area contributed by atoms with E-state index in [1.54, 1.807) is 18.2 Å². The third kappa shape index (κ3) is 4.05. The van der Waals surface area contributed by atoms with E-state index in [0.717, 1.165) is 5.39 Å². The van der Waals surface area contributed by atoms with E-state index in [0.29, 0.717) is 41.9 Å². The van der Waals surface area contributed by atoms with Crippen LogP contribution in [0.5, 0.6) is 0 Å². The molecule has 1 atom stereocenters. The number of benzene rings is 1. The lowest BCUT2D eigenvalue weighted by molar-refractivity contribution is 0.182. The maximum atomic E-state index is 13.1. The summed E-state index contributed by atoms with van der Waals surface area (Å²) >= 11 is 0. The molecule has 0 aliphatic rings. The van der Waals surface area contributed by atoms with Crippen molar-refractivity contribution in [1.82, 2.24) is 15.0 Å². The van der Waals surface area contributed by atoms with Crippen molar-refractivity contribution in [2.24, 2.45) is 5.92 Å². The SMILES string of the molecule is CC(C)CN(CC(O)c1ccc(F)cc1)c1ncnc2nc(N)ccc12. The van der Waals surface area contributed by atoms with E-state index in [2.05, 4.69) is 28.8 Å². The van der Waals surface area contributed by atoms with E-state index in [-0.39, 0.29) is 5.82 Å². The third-order valence-electron chi connectivity index (χ3n) is 4.03. The van der Waals surface area contributed by atoms with E-state index < -0.39 is 6.10 Å². The second-order valence-corrected chi connectivity index (χ2v) is 6.67. The Morgan fingerprint density at radius 2 is 1.81 bits per heavy atom. The predicted octanol–water partition coefficient (Wildman–Crippen LogP) is 2.94. The Kier molecular flexibility index (Phi) is 5.27. The molecule has 26 heavy (non-hydrogen) atoms. The molecule has 3 N–H and O–H groups in total. The van der Waals surface area contributed by atoms with Crippen molar-refractivity contribution in [3.63, 3.8) is 0 Å². The smallest absolute Gasteiger partial charge is 0.166 e. The summed E-state index contributed by atoms with van der Waals surface area (Å²) in [5.74, 6) is 1.11. The second-order valence-electron chi connectivity index (χ2n) is 6.67. The summed E-state index contributed by atoms with van der Waals surface area (Å²) in [5, 5.41) is 11.4. The molecule has 0 fully saturated rings. The van der Waals surface area contributed by atoms with Crippen LogP contribution in [0.4, 0.5) is 16.0 Å². The molecule has 0 aliphatic carbocycles. The van der Waals surface area contributed by atoms with Crippen LogP contribution in [-0.4, -0.2) is 33.1 Å². The Morgan fingerprint density at radius 1 is 1.08 bits per heavy atom. The number of hydrogen-bond acceptors (Lipinski definition) is 6. The predicted molar refractivity (Wildman–Crippen MR) is 100 cm³/mol. The average molecular weight is 355 g/mol.